The van der Waals surface area contributed by atoms with Crippen molar-refractivity contribution in [2.45, 2.75) is 31.3 Å². The van der Waals surface area contributed by atoms with Gasteiger partial charge in [-0.1, -0.05) is 0 Å². The second-order valence-corrected chi connectivity index (χ2v) is 7.64. The highest BCUT2D eigenvalue weighted by molar-refractivity contribution is 6.22. The first-order valence-corrected chi connectivity index (χ1v) is 10.3. The predicted octanol–water partition coefficient (Wildman–Crippen LogP) is 2.33. The Morgan fingerprint density at radius 2 is 1.75 bits per heavy atom. The van der Waals surface area contributed by atoms with Crippen LogP contribution >= 0.6 is 0 Å². The summed E-state index contributed by atoms with van der Waals surface area (Å²) < 4.78 is 15.8. The summed E-state index contributed by atoms with van der Waals surface area (Å²) in [5.74, 6) is 1.08. The quantitative estimate of drug-likeness (QED) is 0.642. The van der Waals surface area contributed by atoms with Crippen LogP contribution in [0.2, 0.25) is 0 Å². The van der Waals surface area contributed by atoms with E-state index in [2.05, 4.69) is 10.6 Å². The van der Waals surface area contributed by atoms with Crippen LogP contribution in [0.5, 0.6) is 17.2 Å². The number of rotatable bonds is 7. The number of anilines is 1. The Hall–Kier alpha value is -3.75. The van der Waals surface area contributed by atoms with E-state index in [1.807, 2.05) is 12.1 Å². The topological polar surface area (TPSA) is 106 Å². The van der Waals surface area contributed by atoms with Crippen molar-refractivity contribution in [2.24, 2.45) is 0 Å². The highest BCUT2D eigenvalue weighted by atomic mass is 16.5. The minimum absolute atomic E-state index is 0.143. The number of carbonyl (C=O) groups is 3. The summed E-state index contributed by atoms with van der Waals surface area (Å²) in [5, 5.41) is 5.58. The molecule has 0 spiro atoms. The van der Waals surface area contributed by atoms with Crippen LogP contribution in [0.3, 0.4) is 0 Å². The van der Waals surface area contributed by atoms with E-state index >= 15 is 0 Å². The molecule has 9 nitrogen and oxygen atoms in total. The molecule has 0 bridgehead atoms. The molecule has 2 aromatic carbocycles. The lowest BCUT2D eigenvalue weighted by atomic mass is 10.1. The summed E-state index contributed by atoms with van der Waals surface area (Å²) in [5.41, 5.74) is 2.48. The molecule has 0 aromatic heterocycles. The minimum Gasteiger partial charge on any atom is -0.497 e. The van der Waals surface area contributed by atoms with Crippen LogP contribution in [0.4, 0.5) is 10.5 Å². The molecule has 1 aliphatic heterocycles. The lowest BCUT2D eigenvalue weighted by molar-refractivity contribution is -0.126. The predicted molar refractivity (Wildman–Crippen MR) is 116 cm³/mol. The van der Waals surface area contributed by atoms with Crippen molar-refractivity contribution in [3.8, 4) is 17.2 Å². The molecular formula is C23H25N3O6. The van der Waals surface area contributed by atoms with E-state index in [4.69, 9.17) is 14.2 Å². The average molecular weight is 439 g/mol. The van der Waals surface area contributed by atoms with Gasteiger partial charge in [-0.3, -0.25) is 9.59 Å². The zero-order chi connectivity index (χ0) is 22.8. The number of carbonyl (C=O) groups excluding carboxylic acids is 3. The van der Waals surface area contributed by atoms with Crippen LogP contribution in [0.1, 0.15) is 30.0 Å². The Labute approximate surface area is 185 Å². The first-order chi connectivity index (χ1) is 15.4. The van der Waals surface area contributed by atoms with Gasteiger partial charge >= 0.3 is 6.03 Å². The molecule has 2 N–H and O–H groups in total. The van der Waals surface area contributed by atoms with Crippen LogP contribution < -0.4 is 29.7 Å². The molecule has 1 aliphatic carbocycles. The number of amides is 4. The molecule has 0 radical (unpaired) electrons. The Balaban J connectivity index is 1.42. The van der Waals surface area contributed by atoms with Crippen LogP contribution in [-0.4, -0.2) is 45.2 Å². The molecule has 0 unspecified atom stereocenters. The van der Waals surface area contributed by atoms with Crippen LogP contribution in [0.15, 0.2) is 36.4 Å². The number of urea groups is 1. The number of hydrogen-bond donors (Lipinski definition) is 2. The molecule has 2 aliphatic rings. The van der Waals surface area contributed by atoms with E-state index in [-0.39, 0.29) is 18.4 Å². The van der Waals surface area contributed by atoms with E-state index in [0.29, 0.717) is 22.9 Å². The second kappa shape index (κ2) is 8.78. The Morgan fingerprint density at radius 3 is 2.41 bits per heavy atom. The molecule has 168 valence electrons. The van der Waals surface area contributed by atoms with Gasteiger partial charge in [0.15, 0.2) is 11.5 Å². The number of imide groups is 1. The van der Waals surface area contributed by atoms with Crippen LogP contribution in [0, 0.1) is 0 Å². The molecular weight excluding hydrogens is 414 g/mol. The fourth-order valence-electron chi connectivity index (χ4n) is 4.17. The standard InChI is InChI=1S/C23H25N3O6/c1-30-15-7-5-14(6-8-15)26-22(28)18(25-23(26)29)12-21(27)24-17-9-4-13-10-19(31-2)20(32-3)11-16(13)17/h5-8,10-11,17-18H,4,9,12H2,1-3H3,(H,24,27)(H,25,29)/t17-,18+/m1/s1. The monoisotopic (exact) mass is 439 g/mol. The van der Waals surface area contributed by atoms with E-state index < -0.39 is 18.0 Å². The molecule has 1 heterocycles. The number of hydrogen-bond acceptors (Lipinski definition) is 6. The average Bonchev–Trinajstić information content (AvgIpc) is 3.31. The number of ether oxygens (including phenoxy) is 3. The number of aryl methyl sites for hydroxylation is 1. The Morgan fingerprint density at radius 1 is 1.06 bits per heavy atom. The Bertz CT molecular complexity index is 1050. The van der Waals surface area contributed by atoms with E-state index in [1.54, 1.807) is 38.5 Å². The van der Waals surface area contributed by atoms with Gasteiger partial charge in [0.25, 0.3) is 5.91 Å². The third kappa shape index (κ3) is 3.93. The van der Waals surface area contributed by atoms with Gasteiger partial charge in [0.1, 0.15) is 11.8 Å². The summed E-state index contributed by atoms with van der Waals surface area (Å²) in [6.45, 7) is 0. The maximum atomic E-state index is 12.8. The maximum absolute atomic E-state index is 12.8. The fourth-order valence-corrected chi connectivity index (χ4v) is 4.17. The summed E-state index contributed by atoms with van der Waals surface area (Å²) in [4.78, 5) is 38.9. The molecule has 0 saturated carbocycles. The summed E-state index contributed by atoms with van der Waals surface area (Å²) >= 11 is 0. The first-order valence-electron chi connectivity index (χ1n) is 10.3. The molecule has 1 saturated heterocycles. The fraction of sp³-hybridized carbons (Fsp3) is 0.348. The van der Waals surface area contributed by atoms with Gasteiger partial charge in [0.2, 0.25) is 5.91 Å². The zero-order valence-electron chi connectivity index (χ0n) is 18.1. The summed E-state index contributed by atoms with van der Waals surface area (Å²) in [7, 11) is 4.68. The highest BCUT2D eigenvalue weighted by Crippen LogP contribution is 2.39. The normalized spacial score (nSPS) is 19.4. The molecule has 2 atom stereocenters. The highest BCUT2D eigenvalue weighted by Gasteiger charge is 2.40. The molecule has 4 amide bonds. The Kier molecular flexibility index (Phi) is 5.89. The molecule has 9 heteroatoms. The van der Waals surface area contributed by atoms with E-state index in [1.165, 1.54) is 7.11 Å². The molecule has 1 fully saturated rings. The number of methoxy groups -OCH3 is 3. The van der Waals surface area contributed by atoms with Gasteiger partial charge < -0.3 is 24.8 Å². The van der Waals surface area contributed by atoms with Crippen molar-refractivity contribution in [3.63, 3.8) is 0 Å². The van der Waals surface area contributed by atoms with Crippen molar-refractivity contribution in [3.05, 3.63) is 47.5 Å². The summed E-state index contributed by atoms with van der Waals surface area (Å²) in [6.07, 6.45) is 1.39. The van der Waals surface area contributed by atoms with Gasteiger partial charge in [-0.25, -0.2) is 9.69 Å². The maximum Gasteiger partial charge on any atom is 0.329 e. The number of nitrogens with zero attached hydrogens (tertiary/aromatic N) is 1. The smallest absolute Gasteiger partial charge is 0.329 e. The van der Waals surface area contributed by atoms with E-state index in [0.717, 1.165) is 28.9 Å². The number of fused-ring (bicyclic) bond motifs is 1. The third-order valence-electron chi connectivity index (χ3n) is 5.80. The largest absolute Gasteiger partial charge is 0.497 e. The minimum atomic E-state index is -0.920. The number of benzene rings is 2. The van der Waals surface area contributed by atoms with Gasteiger partial charge in [0.05, 0.1) is 39.5 Å². The zero-order valence-corrected chi connectivity index (χ0v) is 18.1. The second-order valence-electron chi connectivity index (χ2n) is 7.64. The van der Waals surface area contributed by atoms with Gasteiger partial charge in [-0.15, -0.1) is 0 Å². The van der Waals surface area contributed by atoms with Gasteiger partial charge in [-0.05, 0) is 60.4 Å². The molecule has 2 aromatic rings. The van der Waals surface area contributed by atoms with Crippen LogP contribution in [0.25, 0.3) is 0 Å². The lowest BCUT2D eigenvalue weighted by Crippen LogP contribution is -2.37. The number of nitrogens with one attached hydrogen (secondary N) is 2. The van der Waals surface area contributed by atoms with E-state index in [9.17, 15) is 14.4 Å². The summed E-state index contributed by atoms with van der Waals surface area (Å²) in [6, 6.07) is 8.70. The van der Waals surface area contributed by atoms with Crippen molar-refractivity contribution in [2.75, 3.05) is 26.2 Å². The van der Waals surface area contributed by atoms with Gasteiger partial charge in [-0.2, -0.15) is 0 Å². The molecule has 32 heavy (non-hydrogen) atoms. The SMILES string of the molecule is COc1ccc(N2C(=O)N[C@@H](CC(=O)N[C@@H]3CCc4cc(OC)c(OC)cc43)C2=O)cc1. The van der Waals surface area contributed by atoms with Crippen molar-refractivity contribution in [1.82, 2.24) is 10.6 Å². The molecule has 4 rings (SSSR count). The van der Waals surface area contributed by atoms with Crippen LogP contribution in [-0.2, 0) is 16.0 Å². The lowest BCUT2D eigenvalue weighted by Gasteiger charge is -2.17. The van der Waals surface area contributed by atoms with Crippen molar-refractivity contribution in [1.29, 1.82) is 0 Å². The van der Waals surface area contributed by atoms with Crippen molar-refractivity contribution < 1.29 is 28.6 Å². The van der Waals surface area contributed by atoms with Crippen molar-refractivity contribution >= 4 is 23.5 Å². The van der Waals surface area contributed by atoms with Gasteiger partial charge in [0, 0.05) is 0 Å². The third-order valence-corrected chi connectivity index (χ3v) is 5.80. The first kappa shape index (κ1) is 21.5.